The Morgan fingerprint density at radius 1 is 1.09 bits per heavy atom. The van der Waals surface area contributed by atoms with Crippen LogP contribution in [-0.4, -0.2) is 23.3 Å². The summed E-state index contributed by atoms with van der Waals surface area (Å²) >= 11 is 0. The maximum atomic E-state index is 13.9. The molecule has 4 rings (SSSR count). The third-order valence-corrected chi connectivity index (χ3v) is 4.96. The molecule has 0 saturated heterocycles. The first-order valence-electron chi connectivity index (χ1n) is 9.70. The molecule has 32 heavy (non-hydrogen) atoms. The number of pyridine rings is 1. The molecule has 0 aliphatic rings. The number of benzene rings is 3. The zero-order chi connectivity index (χ0) is 22.7. The SMILES string of the molecule is COc1cc2nccc(Oc3ccc(N)c(F)c3)c2cc1C(NC(=O)O)c1ccccc1. The highest BCUT2D eigenvalue weighted by molar-refractivity contribution is 5.88. The summed E-state index contributed by atoms with van der Waals surface area (Å²) in [7, 11) is 1.50. The zero-order valence-electron chi connectivity index (χ0n) is 17.1. The van der Waals surface area contributed by atoms with Crippen molar-refractivity contribution in [3.05, 3.63) is 89.9 Å². The number of nitrogens with one attached hydrogen (secondary N) is 1. The van der Waals surface area contributed by atoms with Gasteiger partial charge in [0.25, 0.3) is 0 Å². The van der Waals surface area contributed by atoms with E-state index in [1.807, 2.05) is 30.3 Å². The molecule has 0 spiro atoms. The number of amides is 1. The van der Waals surface area contributed by atoms with Crippen molar-refractivity contribution < 1.29 is 23.8 Å². The van der Waals surface area contributed by atoms with Gasteiger partial charge in [-0.15, -0.1) is 0 Å². The number of rotatable bonds is 6. The minimum atomic E-state index is -1.18. The number of methoxy groups -OCH3 is 1. The van der Waals surface area contributed by atoms with E-state index in [-0.39, 0.29) is 11.4 Å². The predicted octanol–water partition coefficient (Wildman–Crippen LogP) is 5.11. The van der Waals surface area contributed by atoms with Crippen molar-refractivity contribution in [2.24, 2.45) is 0 Å². The minimum absolute atomic E-state index is 0.0226. The molecule has 0 bridgehead atoms. The number of nitrogens with two attached hydrogens (primary N) is 1. The summed E-state index contributed by atoms with van der Waals surface area (Å²) in [4.78, 5) is 15.9. The lowest BCUT2D eigenvalue weighted by atomic mass is 9.96. The molecule has 0 fully saturated rings. The Hall–Kier alpha value is -4.33. The fraction of sp³-hybridized carbons (Fsp3) is 0.0833. The smallest absolute Gasteiger partial charge is 0.405 e. The van der Waals surface area contributed by atoms with Gasteiger partial charge in [0, 0.05) is 29.3 Å². The van der Waals surface area contributed by atoms with Crippen LogP contribution in [0.25, 0.3) is 10.9 Å². The third kappa shape index (κ3) is 4.24. The van der Waals surface area contributed by atoms with Crippen LogP contribution in [0.15, 0.2) is 72.9 Å². The lowest BCUT2D eigenvalue weighted by Gasteiger charge is -2.21. The average Bonchev–Trinajstić information content (AvgIpc) is 2.80. The molecule has 0 radical (unpaired) electrons. The largest absolute Gasteiger partial charge is 0.496 e. The maximum absolute atomic E-state index is 13.9. The molecule has 1 aromatic heterocycles. The first-order valence-corrected chi connectivity index (χ1v) is 9.70. The summed E-state index contributed by atoms with van der Waals surface area (Å²) in [6.45, 7) is 0. The molecular weight excluding hydrogens is 413 g/mol. The van der Waals surface area contributed by atoms with Crippen molar-refractivity contribution in [3.8, 4) is 17.2 Å². The van der Waals surface area contributed by atoms with Crippen molar-refractivity contribution in [2.75, 3.05) is 12.8 Å². The topological polar surface area (TPSA) is 107 Å². The number of carbonyl (C=O) groups is 1. The van der Waals surface area contributed by atoms with Gasteiger partial charge in [-0.3, -0.25) is 4.98 Å². The standard InChI is InChI=1S/C24H20FN3O4/c1-31-22-13-20-16(12-17(22)23(28-24(29)30)14-5-3-2-4-6-14)21(9-10-27-20)32-15-7-8-19(26)18(25)11-15/h2-13,23,28H,26H2,1H3,(H,29,30). The Bertz CT molecular complexity index is 1280. The molecule has 0 aliphatic heterocycles. The number of anilines is 1. The van der Waals surface area contributed by atoms with Crippen LogP contribution in [0, 0.1) is 5.82 Å². The number of nitrogen functional groups attached to an aromatic ring is 1. The molecule has 162 valence electrons. The number of carboxylic acid groups (broad SMARTS) is 1. The molecule has 7 nitrogen and oxygen atoms in total. The Kier molecular flexibility index (Phi) is 5.76. The van der Waals surface area contributed by atoms with Crippen LogP contribution in [0.5, 0.6) is 17.2 Å². The quantitative estimate of drug-likeness (QED) is 0.365. The van der Waals surface area contributed by atoms with Gasteiger partial charge in [-0.25, -0.2) is 9.18 Å². The van der Waals surface area contributed by atoms with E-state index in [1.54, 1.807) is 30.5 Å². The lowest BCUT2D eigenvalue weighted by Crippen LogP contribution is -2.28. The van der Waals surface area contributed by atoms with Crippen LogP contribution >= 0.6 is 0 Å². The van der Waals surface area contributed by atoms with Gasteiger partial charge in [0.2, 0.25) is 0 Å². The number of fused-ring (bicyclic) bond motifs is 1. The van der Waals surface area contributed by atoms with E-state index < -0.39 is 18.0 Å². The number of nitrogens with zero attached hydrogens (tertiary/aromatic N) is 1. The van der Waals surface area contributed by atoms with Crippen LogP contribution in [-0.2, 0) is 0 Å². The van der Waals surface area contributed by atoms with Crippen molar-refractivity contribution in [3.63, 3.8) is 0 Å². The highest BCUT2D eigenvalue weighted by Crippen LogP contribution is 2.37. The fourth-order valence-corrected chi connectivity index (χ4v) is 3.46. The fourth-order valence-electron chi connectivity index (χ4n) is 3.46. The maximum Gasteiger partial charge on any atom is 0.405 e. The van der Waals surface area contributed by atoms with Gasteiger partial charge in [-0.1, -0.05) is 30.3 Å². The van der Waals surface area contributed by atoms with Crippen LogP contribution in [0.3, 0.4) is 0 Å². The normalized spacial score (nSPS) is 11.7. The zero-order valence-corrected chi connectivity index (χ0v) is 17.1. The first-order chi connectivity index (χ1) is 15.5. The van der Waals surface area contributed by atoms with Crippen molar-refractivity contribution in [1.82, 2.24) is 10.3 Å². The monoisotopic (exact) mass is 433 g/mol. The Morgan fingerprint density at radius 2 is 1.88 bits per heavy atom. The van der Waals surface area contributed by atoms with Gasteiger partial charge in [-0.05, 0) is 29.8 Å². The van der Waals surface area contributed by atoms with E-state index in [4.69, 9.17) is 15.2 Å². The molecule has 0 aliphatic carbocycles. The van der Waals surface area contributed by atoms with Gasteiger partial charge >= 0.3 is 6.09 Å². The van der Waals surface area contributed by atoms with Crippen molar-refractivity contribution in [2.45, 2.75) is 6.04 Å². The van der Waals surface area contributed by atoms with E-state index in [0.29, 0.717) is 28.0 Å². The van der Waals surface area contributed by atoms with Crippen LogP contribution in [0.4, 0.5) is 14.9 Å². The van der Waals surface area contributed by atoms with Crippen LogP contribution in [0.1, 0.15) is 17.2 Å². The van der Waals surface area contributed by atoms with Crippen molar-refractivity contribution in [1.29, 1.82) is 0 Å². The second-order valence-electron chi connectivity index (χ2n) is 7.00. The molecule has 3 aromatic carbocycles. The summed E-state index contributed by atoms with van der Waals surface area (Å²) in [5.74, 6) is 0.566. The van der Waals surface area contributed by atoms with E-state index in [9.17, 15) is 14.3 Å². The average molecular weight is 433 g/mol. The van der Waals surface area contributed by atoms with Crippen LogP contribution in [0.2, 0.25) is 0 Å². The molecular formula is C24H20FN3O4. The molecule has 0 saturated carbocycles. The third-order valence-electron chi connectivity index (χ3n) is 4.96. The molecule has 1 atom stereocenters. The number of hydrogen-bond acceptors (Lipinski definition) is 5. The summed E-state index contributed by atoms with van der Waals surface area (Å²) in [5.41, 5.74) is 7.45. The predicted molar refractivity (Wildman–Crippen MR) is 119 cm³/mol. The minimum Gasteiger partial charge on any atom is -0.496 e. The van der Waals surface area contributed by atoms with Gasteiger partial charge in [0.05, 0.1) is 24.4 Å². The Morgan fingerprint density at radius 3 is 2.56 bits per heavy atom. The number of aromatic nitrogens is 1. The van der Waals surface area contributed by atoms with Gasteiger partial charge in [0.1, 0.15) is 23.1 Å². The van der Waals surface area contributed by atoms with Gasteiger partial charge < -0.3 is 25.6 Å². The highest BCUT2D eigenvalue weighted by atomic mass is 19.1. The number of halogens is 1. The lowest BCUT2D eigenvalue weighted by molar-refractivity contribution is 0.191. The molecule has 4 aromatic rings. The summed E-state index contributed by atoms with van der Waals surface area (Å²) in [5, 5.41) is 12.6. The van der Waals surface area contributed by atoms with Crippen molar-refractivity contribution >= 4 is 22.7 Å². The highest BCUT2D eigenvalue weighted by Gasteiger charge is 2.22. The van der Waals surface area contributed by atoms with E-state index in [2.05, 4.69) is 10.3 Å². The second-order valence-corrected chi connectivity index (χ2v) is 7.00. The summed E-state index contributed by atoms with van der Waals surface area (Å²) in [6, 6.07) is 17.7. The molecule has 1 amide bonds. The van der Waals surface area contributed by atoms with E-state index in [0.717, 1.165) is 5.56 Å². The van der Waals surface area contributed by atoms with E-state index >= 15 is 0 Å². The van der Waals surface area contributed by atoms with Gasteiger partial charge in [0.15, 0.2) is 0 Å². The van der Waals surface area contributed by atoms with Crippen LogP contribution < -0.4 is 20.5 Å². The first kappa shape index (κ1) is 20.9. The summed E-state index contributed by atoms with van der Waals surface area (Å²) < 4.78 is 25.3. The Balaban J connectivity index is 1.86. The molecule has 1 unspecified atom stereocenters. The second kappa shape index (κ2) is 8.81. The Labute approximate surface area is 183 Å². The van der Waals surface area contributed by atoms with E-state index in [1.165, 1.54) is 19.2 Å². The molecule has 1 heterocycles. The van der Waals surface area contributed by atoms with Gasteiger partial charge in [-0.2, -0.15) is 0 Å². The summed E-state index contributed by atoms with van der Waals surface area (Å²) in [6.07, 6.45) is 0.384. The molecule has 8 heteroatoms. The molecule has 4 N–H and O–H groups in total. The number of hydrogen-bond donors (Lipinski definition) is 3. The number of ether oxygens (including phenoxy) is 2.